The Morgan fingerprint density at radius 3 is 2.37 bits per heavy atom. The van der Waals surface area contributed by atoms with Gasteiger partial charge in [-0.3, -0.25) is 4.79 Å². The maximum absolute atomic E-state index is 12.5. The number of rotatable bonds is 5. The van der Waals surface area contributed by atoms with Gasteiger partial charge < -0.3 is 9.64 Å². The second-order valence-electron chi connectivity index (χ2n) is 7.30. The number of hydrogen-bond acceptors (Lipinski definition) is 5. The minimum Gasteiger partial charge on any atom is -0.452 e. The molecule has 0 unspecified atom stereocenters. The third-order valence-electron chi connectivity index (χ3n) is 5.13. The summed E-state index contributed by atoms with van der Waals surface area (Å²) in [5.74, 6) is -0.356. The number of esters is 1. The highest BCUT2D eigenvalue weighted by Gasteiger charge is 2.27. The van der Waals surface area contributed by atoms with Gasteiger partial charge >= 0.3 is 5.97 Å². The van der Waals surface area contributed by atoms with Crippen LogP contribution in [0.5, 0.6) is 0 Å². The summed E-state index contributed by atoms with van der Waals surface area (Å²) in [5.41, 5.74) is 0.232. The predicted octanol–water partition coefficient (Wildman–Crippen LogP) is 1.89. The number of sulfonamides is 1. The van der Waals surface area contributed by atoms with E-state index in [4.69, 9.17) is 4.74 Å². The number of amides is 1. The van der Waals surface area contributed by atoms with E-state index >= 15 is 0 Å². The zero-order valence-corrected chi connectivity index (χ0v) is 16.4. The Hall–Kier alpha value is -1.93. The largest absolute Gasteiger partial charge is 0.452 e. The molecule has 2 fully saturated rings. The van der Waals surface area contributed by atoms with E-state index in [0.29, 0.717) is 32.1 Å². The Morgan fingerprint density at radius 1 is 1.07 bits per heavy atom. The molecule has 3 rings (SSSR count). The van der Waals surface area contributed by atoms with Crippen molar-refractivity contribution in [3.05, 3.63) is 29.8 Å². The first-order valence-corrected chi connectivity index (χ1v) is 10.9. The van der Waals surface area contributed by atoms with Gasteiger partial charge in [-0.25, -0.2) is 13.2 Å². The van der Waals surface area contributed by atoms with Crippen LogP contribution in [0.2, 0.25) is 0 Å². The zero-order chi connectivity index (χ0) is 19.4. The molecule has 0 spiro atoms. The molecule has 0 bridgehead atoms. The van der Waals surface area contributed by atoms with Gasteiger partial charge in [0.25, 0.3) is 5.91 Å². The smallest absolute Gasteiger partial charge is 0.338 e. The van der Waals surface area contributed by atoms with Gasteiger partial charge in [-0.2, -0.15) is 4.31 Å². The number of carbonyl (C=O) groups excluding carboxylic acids is 2. The van der Waals surface area contributed by atoms with Crippen LogP contribution in [0.3, 0.4) is 0 Å². The normalized spacial score (nSPS) is 21.2. The van der Waals surface area contributed by atoms with Gasteiger partial charge in [-0.15, -0.1) is 0 Å². The van der Waals surface area contributed by atoms with Crippen LogP contribution in [0.4, 0.5) is 0 Å². The summed E-state index contributed by atoms with van der Waals surface area (Å²) in [5, 5.41) is 0. The Labute approximate surface area is 160 Å². The highest BCUT2D eigenvalue weighted by Crippen LogP contribution is 2.21. The summed E-state index contributed by atoms with van der Waals surface area (Å²) < 4.78 is 31.6. The van der Waals surface area contributed by atoms with Crippen LogP contribution in [0.25, 0.3) is 0 Å². The van der Waals surface area contributed by atoms with Gasteiger partial charge in [0, 0.05) is 26.2 Å². The van der Waals surface area contributed by atoms with Crippen molar-refractivity contribution >= 4 is 21.9 Å². The van der Waals surface area contributed by atoms with Crippen LogP contribution in [-0.4, -0.2) is 62.3 Å². The molecule has 0 saturated carbocycles. The number of likely N-dealkylation sites (tertiary alicyclic amines) is 1. The fourth-order valence-corrected chi connectivity index (χ4v) is 5.08. The van der Waals surface area contributed by atoms with E-state index in [1.807, 2.05) is 0 Å². The summed E-state index contributed by atoms with van der Waals surface area (Å²) in [6.07, 6.45) is 3.81. The van der Waals surface area contributed by atoms with E-state index in [9.17, 15) is 18.0 Å². The molecule has 148 valence electrons. The quantitative estimate of drug-likeness (QED) is 0.712. The van der Waals surface area contributed by atoms with Crippen molar-refractivity contribution < 1.29 is 22.7 Å². The SMILES string of the molecule is C[C@H]1CCCN(C(=O)COC(=O)c2ccc(S(=O)(=O)N3CCCC3)cc2)C1. The number of piperidine rings is 1. The van der Waals surface area contributed by atoms with Crippen LogP contribution in [0.1, 0.15) is 43.0 Å². The molecule has 0 N–H and O–H groups in total. The van der Waals surface area contributed by atoms with E-state index in [-0.39, 0.29) is 23.0 Å². The number of carbonyl (C=O) groups is 2. The Kier molecular flexibility index (Phi) is 6.16. The number of ether oxygens (including phenoxy) is 1. The van der Waals surface area contributed by atoms with Crippen LogP contribution in [0, 0.1) is 5.92 Å². The van der Waals surface area contributed by atoms with E-state index in [1.54, 1.807) is 4.90 Å². The molecule has 1 amide bonds. The third kappa shape index (κ3) is 4.68. The van der Waals surface area contributed by atoms with Crippen LogP contribution in [0.15, 0.2) is 29.2 Å². The average molecular weight is 394 g/mol. The molecule has 1 aromatic rings. The summed E-state index contributed by atoms with van der Waals surface area (Å²) in [6, 6.07) is 5.69. The molecule has 2 heterocycles. The molecule has 2 aliphatic heterocycles. The lowest BCUT2D eigenvalue weighted by molar-refractivity contribution is -0.136. The summed E-state index contributed by atoms with van der Waals surface area (Å²) in [6.45, 7) is 4.26. The fraction of sp³-hybridized carbons (Fsp3) is 0.579. The van der Waals surface area contributed by atoms with E-state index in [0.717, 1.165) is 25.7 Å². The van der Waals surface area contributed by atoms with Gasteiger partial charge in [0.05, 0.1) is 10.5 Å². The Morgan fingerprint density at radius 2 is 1.74 bits per heavy atom. The van der Waals surface area contributed by atoms with Crippen molar-refractivity contribution in [1.29, 1.82) is 0 Å². The van der Waals surface area contributed by atoms with E-state index in [2.05, 4.69) is 6.92 Å². The maximum Gasteiger partial charge on any atom is 0.338 e. The number of benzene rings is 1. The minimum atomic E-state index is -3.51. The van der Waals surface area contributed by atoms with Crippen molar-refractivity contribution in [2.45, 2.75) is 37.5 Å². The second kappa shape index (κ2) is 8.39. The molecule has 8 heteroatoms. The third-order valence-corrected chi connectivity index (χ3v) is 7.04. The average Bonchev–Trinajstić information content (AvgIpc) is 3.21. The first kappa shape index (κ1) is 19.8. The molecular formula is C19H26N2O5S. The lowest BCUT2D eigenvalue weighted by Crippen LogP contribution is -2.41. The second-order valence-corrected chi connectivity index (χ2v) is 9.24. The van der Waals surface area contributed by atoms with Crippen LogP contribution >= 0.6 is 0 Å². The number of hydrogen-bond donors (Lipinski definition) is 0. The fourth-order valence-electron chi connectivity index (χ4n) is 3.56. The van der Waals surface area contributed by atoms with Crippen molar-refractivity contribution in [2.24, 2.45) is 5.92 Å². The Balaban J connectivity index is 1.56. The molecule has 0 aliphatic carbocycles. The predicted molar refractivity (Wildman–Crippen MR) is 99.7 cm³/mol. The van der Waals surface area contributed by atoms with Crippen LogP contribution in [-0.2, 0) is 19.6 Å². The zero-order valence-electron chi connectivity index (χ0n) is 15.6. The first-order valence-electron chi connectivity index (χ1n) is 9.43. The molecule has 27 heavy (non-hydrogen) atoms. The number of nitrogens with zero attached hydrogens (tertiary/aromatic N) is 2. The molecule has 7 nitrogen and oxygen atoms in total. The highest BCUT2D eigenvalue weighted by molar-refractivity contribution is 7.89. The standard InChI is InChI=1S/C19H26N2O5S/c1-15-5-4-10-20(13-15)18(22)14-26-19(23)16-6-8-17(9-7-16)27(24,25)21-11-2-3-12-21/h6-9,15H,2-5,10-14H2,1H3/t15-/m0/s1. The van der Waals surface area contributed by atoms with Gasteiger partial charge in [-0.05, 0) is 55.9 Å². The first-order chi connectivity index (χ1) is 12.9. The molecule has 0 aromatic heterocycles. The lowest BCUT2D eigenvalue weighted by Gasteiger charge is -2.30. The topological polar surface area (TPSA) is 84.0 Å². The lowest BCUT2D eigenvalue weighted by atomic mass is 10.0. The maximum atomic E-state index is 12.5. The molecule has 1 atom stereocenters. The molecule has 2 saturated heterocycles. The summed E-state index contributed by atoms with van der Waals surface area (Å²) >= 11 is 0. The summed E-state index contributed by atoms with van der Waals surface area (Å²) in [4.78, 5) is 26.2. The van der Waals surface area contributed by atoms with Crippen molar-refractivity contribution in [3.8, 4) is 0 Å². The summed E-state index contributed by atoms with van der Waals surface area (Å²) in [7, 11) is -3.51. The van der Waals surface area contributed by atoms with Crippen molar-refractivity contribution in [2.75, 3.05) is 32.8 Å². The Bertz CT molecular complexity index is 785. The van der Waals surface area contributed by atoms with Crippen LogP contribution < -0.4 is 0 Å². The molecule has 2 aliphatic rings. The molecule has 0 radical (unpaired) electrons. The van der Waals surface area contributed by atoms with E-state index in [1.165, 1.54) is 28.6 Å². The van der Waals surface area contributed by atoms with E-state index < -0.39 is 16.0 Å². The minimum absolute atomic E-state index is 0.166. The monoisotopic (exact) mass is 394 g/mol. The molecular weight excluding hydrogens is 368 g/mol. The van der Waals surface area contributed by atoms with Gasteiger partial charge in [0.15, 0.2) is 6.61 Å². The van der Waals surface area contributed by atoms with Gasteiger partial charge in [0.1, 0.15) is 0 Å². The van der Waals surface area contributed by atoms with Gasteiger partial charge in [0.2, 0.25) is 10.0 Å². The van der Waals surface area contributed by atoms with Crippen molar-refractivity contribution in [1.82, 2.24) is 9.21 Å². The molecule has 1 aromatic carbocycles. The van der Waals surface area contributed by atoms with Crippen molar-refractivity contribution in [3.63, 3.8) is 0 Å². The highest BCUT2D eigenvalue weighted by atomic mass is 32.2. The van der Waals surface area contributed by atoms with Gasteiger partial charge in [-0.1, -0.05) is 6.92 Å².